The van der Waals surface area contributed by atoms with E-state index in [9.17, 15) is 13.2 Å². The fourth-order valence-electron chi connectivity index (χ4n) is 0.319. The largest absolute Gasteiger partial charge is 0.522 e. The first-order valence-corrected chi connectivity index (χ1v) is 2.92. The number of halogens is 3. The molecule has 0 aromatic rings. The van der Waals surface area contributed by atoms with E-state index in [0.29, 0.717) is 6.42 Å². The second-order valence-electron chi connectivity index (χ2n) is 1.93. The van der Waals surface area contributed by atoms with Gasteiger partial charge in [-0.15, -0.1) is 13.2 Å². The number of alkyl halides is 3. The highest BCUT2D eigenvalue weighted by Crippen LogP contribution is 2.16. The topological polar surface area (TPSA) is 35.2 Å². The highest BCUT2D eigenvalue weighted by Gasteiger charge is 2.29. The molecule has 0 spiro atoms. The Bertz CT molecular complexity index is 93.4. The summed E-state index contributed by atoms with van der Waals surface area (Å²) in [5.41, 5.74) is 5.16. The van der Waals surface area contributed by atoms with Crippen molar-refractivity contribution < 1.29 is 17.9 Å². The average molecular weight is 157 g/mol. The molecule has 2 N–H and O–H groups in total. The Morgan fingerprint density at radius 3 is 2.30 bits per heavy atom. The molecule has 0 saturated heterocycles. The van der Waals surface area contributed by atoms with Crippen LogP contribution < -0.4 is 5.73 Å². The van der Waals surface area contributed by atoms with Crippen LogP contribution >= 0.6 is 0 Å². The van der Waals surface area contributed by atoms with Gasteiger partial charge < -0.3 is 5.73 Å². The Labute approximate surface area is 57.1 Å². The van der Waals surface area contributed by atoms with E-state index in [-0.39, 0.29) is 0 Å². The second-order valence-corrected chi connectivity index (χ2v) is 1.93. The summed E-state index contributed by atoms with van der Waals surface area (Å²) in [4.78, 5) is 0. The molecule has 5 heteroatoms. The molecule has 0 aromatic heterocycles. The van der Waals surface area contributed by atoms with Crippen molar-refractivity contribution in [2.75, 3.05) is 6.61 Å². The molecule has 0 bridgehead atoms. The predicted octanol–water partition coefficient (Wildman–Crippen LogP) is 1.26. The highest BCUT2D eigenvalue weighted by atomic mass is 19.4. The summed E-state index contributed by atoms with van der Waals surface area (Å²) in [5, 5.41) is 0. The minimum absolute atomic E-state index is 0.458. The molecule has 0 aliphatic rings. The van der Waals surface area contributed by atoms with Crippen molar-refractivity contribution >= 4 is 0 Å². The van der Waals surface area contributed by atoms with Crippen LogP contribution in [0.5, 0.6) is 0 Å². The third-order valence-electron chi connectivity index (χ3n) is 0.985. The van der Waals surface area contributed by atoms with Gasteiger partial charge in [-0.1, -0.05) is 6.92 Å². The lowest BCUT2D eigenvalue weighted by Crippen LogP contribution is -2.29. The summed E-state index contributed by atoms with van der Waals surface area (Å²) < 4.78 is 37.3. The van der Waals surface area contributed by atoms with Crippen LogP contribution in [0.2, 0.25) is 0 Å². The van der Waals surface area contributed by atoms with Gasteiger partial charge in [0.25, 0.3) is 0 Å². The van der Waals surface area contributed by atoms with Crippen molar-refractivity contribution in [3.05, 3.63) is 0 Å². The zero-order chi connectivity index (χ0) is 8.20. The average Bonchev–Trinajstić information content (AvgIpc) is 1.81. The molecule has 0 aliphatic carbocycles. The third kappa shape index (κ3) is 5.84. The Balaban J connectivity index is 3.36. The van der Waals surface area contributed by atoms with Crippen molar-refractivity contribution in [3.8, 4) is 0 Å². The van der Waals surface area contributed by atoms with Gasteiger partial charge >= 0.3 is 6.36 Å². The van der Waals surface area contributed by atoms with Crippen molar-refractivity contribution in [2.45, 2.75) is 25.7 Å². The molecule has 0 rings (SSSR count). The summed E-state index contributed by atoms with van der Waals surface area (Å²) in [6, 6.07) is -0.526. The van der Waals surface area contributed by atoms with Gasteiger partial charge in [0.2, 0.25) is 0 Å². The zero-order valence-corrected chi connectivity index (χ0v) is 5.61. The molecule has 0 heterocycles. The molecule has 0 radical (unpaired) electrons. The number of hydrogen-bond donors (Lipinski definition) is 1. The van der Waals surface area contributed by atoms with Crippen LogP contribution in [-0.4, -0.2) is 19.0 Å². The Morgan fingerprint density at radius 1 is 1.50 bits per heavy atom. The molecule has 1 atom stereocenters. The number of rotatable bonds is 3. The van der Waals surface area contributed by atoms with E-state index in [4.69, 9.17) is 5.73 Å². The van der Waals surface area contributed by atoms with Gasteiger partial charge in [-0.2, -0.15) is 0 Å². The minimum atomic E-state index is -4.55. The molecule has 0 fully saturated rings. The summed E-state index contributed by atoms with van der Waals surface area (Å²) in [5.74, 6) is 0. The van der Waals surface area contributed by atoms with E-state index in [2.05, 4.69) is 4.74 Å². The maximum atomic E-state index is 11.3. The lowest BCUT2D eigenvalue weighted by atomic mass is 10.3. The van der Waals surface area contributed by atoms with E-state index in [1.807, 2.05) is 0 Å². The first kappa shape index (κ1) is 9.71. The summed E-state index contributed by atoms with van der Waals surface area (Å²) in [6.45, 7) is 1.24. The molecule has 1 unspecified atom stereocenters. The van der Waals surface area contributed by atoms with Crippen LogP contribution in [0.15, 0.2) is 0 Å². The molecule has 10 heavy (non-hydrogen) atoms. The van der Waals surface area contributed by atoms with E-state index >= 15 is 0 Å². The summed E-state index contributed by atoms with van der Waals surface area (Å²) >= 11 is 0. The number of hydrogen-bond acceptors (Lipinski definition) is 2. The Hall–Kier alpha value is -0.290. The standard InChI is InChI=1S/C5H10F3NO/c1-2-4(9)3-10-5(6,7)8/h4H,2-3,9H2,1H3. The van der Waals surface area contributed by atoms with Crippen molar-refractivity contribution in [2.24, 2.45) is 5.73 Å². The van der Waals surface area contributed by atoms with Gasteiger partial charge in [0, 0.05) is 6.04 Å². The van der Waals surface area contributed by atoms with Crippen LogP contribution in [-0.2, 0) is 4.74 Å². The first-order valence-electron chi connectivity index (χ1n) is 2.92. The maximum Gasteiger partial charge on any atom is 0.522 e. The normalized spacial score (nSPS) is 15.3. The van der Waals surface area contributed by atoms with Gasteiger partial charge in [0.1, 0.15) is 0 Å². The molecule has 0 amide bonds. The molecule has 2 nitrogen and oxygen atoms in total. The molecule has 0 aromatic carbocycles. The fourth-order valence-corrected chi connectivity index (χ4v) is 0.319. The third-order valence-corrected chi connectivity index (χ3v) is 0.985. The van der Waals surface area contributed by atoms with Crippen molar-refractivity contribution in [1.82, 2.24) is 0 Å². The molecule has 62 valence electrons. The van der Waals surface area contributed by atoms with E-state index in [1.54, 1.807) is 6.92 Å². The van der Waals surface area contributed by atoms with Crippen molar-refractivity contribution in [3.63, 3.8) is 0 Å². The SMILES string of the molecule is CCC(N)COC(F)(F)F. The van der Waals surface area contributed by atoms with Gasteiger partial charge in [0.15, 0.2) is 0 Å². The van der Waals surface area contributed by atoms with Gasteiger partial charge in [0.05, 0.1) is 6.61 Å². The van der Waals surface area contributed by atoms with Crippen LogP contribution in [0.3, 0.4) is 0 Å². The molecule has 0 saturated carbocycles. The number of nitrogens with two attached hydrogens (primary N) is 1. The van der Waals surface area contributed by atoms with Crippen LogP contribution in [0.1, 0.15) is 13.3 Å². The minimum Gasteiger partial charge on any atom is -0.326 e. The van der Waals surface area contributed by atoms with E-state index in [0.717, 1.165) is 0 Å². The first-order chi connectivity index (χ1) is 4.45. The quantitative estimate of drug-likeness (QED) is 0.669. The van der Waals surface area contributed by atoms with Crippen molar-refractivity contribution in [1.29, 1.82) is 0 Å². The lowest BCUT2D eigenvalue weighted by Gasteiger charge is -2.10. The van der Waals surface area contributed by atoms with E-state index < -0.39 is 19.0 Å². The maximum absolute atomic E-state index is 11.3. The van der Waals surface area contributed by atoms with Crippen LogP contribution in [0.4, 0.5) is 13.2 Å². The van der Waals surface area contributed by atoms with E-state index in [1.165, 1.54) is 0 Å². The Morgan fingerprint density at radius 2 is 2.00 bits per heavy atom. The smallest absolute Gasteiger partial charge is 0.326 e. The lowest BCUT2D eigenvalue weighted by molar-refractivity contribution is -0.325. The summed E-state index contributed by atoms with van der Waals surface area (Å²) in [6.07, 6.45) is -4.07. The fraction of sp³-hybridized carbons (Fsp3) is 1.00. The van der Waals surface area contributed by atoms with Gasteiger partial charge in [-0.05, 0) is 6.42 Å². The second kappa shape index (κ2) is 3.78. The Kier molecular flexibility index (Phi) is 3.67. The molecular formula is C5H10F3NO. The predicted molar refractivity (Wildman–Crippen MR) is 30.3 cm³/mol. The van der Waals surface area contributed by atoms with Crippen LogP contribution in [0, 0.1) is 0 Å². The van der Waals surface area contributed by atoms with Crippen LogP contribution in [0.25, 0.3) is 0 Å². The number of ether oxygens (including phenoxy) is 1. The monoisotopic (exact) mass is 157 g/mol. The molecule has 0 aliphatic heterocycles. The zero-order valence-electron chi connectivity index (χ0n) is 5.61. The molecular weight excluding hydrogens is 147 g/mol. The van der Waals surface area contributed by atoms with Gasteiger partial charge in [-0.25, -0.2) is 0 Å². The van der Waals surface area contributed by atoms with Gasteiger partial charge in [-0.3, -0.25) is 4.74 Å². The summed E-state index contributed by atoms with van der Waals surface area (Å²) in [7, 11) is 0. The highest BCUT2D eigenvalue weighted by molar-refractivity contribution is 4.55.